The van der Waals surface area contributed by atoms with Gasteiger partial charge < -0.3 is 0 Å². The summed E-state index contributed by atoms with van der Waals surface area (Å²) in [6, 6.07) is 0. The van der Waals surface area contributed by atoms with Crippen LogP contribution in [0.4, 0.5) is 0 Å². The Morgan fingerprint density at radius 3 is 1.23 bits per heavy atom. The van der Waals surface area contributed by atoms with E-state index in [1.54, 1.807) is 0 Å². The van der Waals surface area contributed by atoms with Crippen LogP contribution in [0.15, 0.2) is 0 Å². The molecule has 0 aromatic carbocycles. The van der Waals surface area contributed by atoms with Crippen molar-refractivity contribution < 1.29 is 0 Å². The Kier molecular flexibility index (Phi) is 12.4. The zero-order chi connectivity index (χ0) is 9.94. The molecule has 80 valence electrons. The van der Waals surface area contributed by atoms with Gasteiger partial charge in [0.2, 0.25) is 6.25 Å². The Bertz CT molecular complexity index is 81.8. The first-order valence-electron chi connectivity index (χ1n) is 5.19. The Morgan fingerprint density at radius 1 is 0.692 bits per heavy atom. The second kappa shape index (κ2) is 11.3. The van der Waals surface area contributed by atoms with Gasteiger partial charge in [0.1, 0.15) is 0 Å². The first kappa shape index (κ1) is 14.3. The van der Waals surface area contributed by atoms with Gasteiger partial charge in [-0.1, -0.05) is 20.8 Å². The summed E-state index contributed by atoms with van der Waals surface area (Å²) in [6.07, 6.45) is 3.49. The van der Waals surface area contributed by atoms with Gasteiger partial charge >= 0.3 is 0 Å². The lowest BCUT2D eigenvalue weighted by Gasteiger charge is -2.12. The minimum atomic E-state index is -0.537. The fraction of sp³-hybridized carbons (Fsp3) is 1.00. The highest BCUT2D eigenvalue weighted by atomic mass is 32.8. The third kappa shape index (κ3) is 9.57. The van der Waals surface area contributed by atoms with Crippen LogP contribution in [0.2, 0.25) is 0 Å². The van der Waals surface area contributed by atoms with Crippen LogP contribution in [0.1, 0.15) is 40.0 Å². The molecule has 0 radical (unpaired) electrons. The summed E-state index contributed by atoms with van der Waals surface area (Å²) in [5.41, 5.74) is 0. The van der Waals surface area contributed by atoms with Crippen molar-refractivity contribution in [3.63, 3.8) is 0 Å². The third-order valence-corrected chi connectivity index (χ3v) is 16.0. The minimum Gasteiger partial charge on any atom is -0.165 e. The summed E-state index contributed by atoms with van der Waals surface area (Å²) in [6.45, 7) is 6.86. The van der Waals surface area contributed by atoms with Crippen LogP contribution in [0.3, 0.4) is 0 Å². The molecule has 0 bridgehead atoms. The van der Waals surface area contributed by atoms with Crippen molar-refractivity contribution in [3.8, 4) is 0 Å². The lowest BCUT2D eigenvalue weighted by Crippen LogP contribution is -2.01. The molecule has 0 heterocycles. The molecule has 0 N–H and O–H groups in total. The van der Waals surface area contributed by atoms with Crippen LogP contribution in [0.25, 0.3) is 0 Å². The van der Waals surface area contributed by atoms with E-state index in [4.69, 9.17) is 0 Å². The van der Waals surface area contributed by atoms with Crippen LogP contribution >= 0.6 is 33.6 Å². The van der Waals surface area contributed by atoms with Gasteiger partial charge in [-0.2, -0.15) is 33.6 Å². The average molecular weight is 255 g/mol. The van der Waals surface area contributed by atoms with Gasteiger partial charge in [-0.25, -0.2) is 0 Å². The summed E-state index contributed by atoms with van der Waals surface area (Å²) >= 11 is 6.80. The molecule has 0 nitrogen and oxygen atoms in total. The summed E-state index contributed by atoms with van der Waals surface area (Å²) < 4.78 is 0. The van der Waals surface area contributed by atoms with E-state index in [1.165, 1.54) is 36.5 Å². The number of hydrogen-bond acceptors (Lipinski definition) is 3. The van der Waals surface area contributed by atoms with Crippen LogP contribution < -0.4 is 0 Å². The van der Waals surface area contributed by atoms with Crippen molar-refractivity contribution in [2.75, 3.05) is 17.3 Å². The molecular weight excluding hydrogens is 232 g/mol. The molecular formula is C9H22S3Si. The molecule has 0 aromatic heterocycles. The molecule has 0 aromatic rings. The third-order valence-electron chi connectivity index (χ3n) is 1.37. The summed E-state index contributed by atoms with van der Waals surface area (Å²) in [7, 11) is 0. The summed E-state index contributed by atoms with van der Waals surface area (Å²) in [5.74, 6) is 4.14. The zero-order valence-corrected chi connectivity index (χ0v) is 12.6. The lowest BCUT2D eigenvalue weighted by molar-refractivity contribution is 1.11. The van der Waals surface area contributed by atoms with Gasteiger partial charge in [0.15, 0.2) is 0 Å². The Morgan fingerprint density at radius 2 is 1.00 bits per heavy atom. The Labute approximate surface area is 96.9 Å². The SMILES string of the molecule is CCCS[SiH](SCCC)SCCC. The van der Waals surface area contributed by atoms with Gasteiger partial charge in [-0.3, -0.25) is 0 Å². The van der Waals surface area contributed by atoms with Crippen molar-refractivity contribution in [2.24, 2.45) is 0 Å². The van der Waals surface area contributed by atoms with Crippen molar-refractivity contribution in [2.45, 2.75) is 40.0 Å². The van der Waals surface area contributed by atoms with Crippen LogP contribution in [-0.4, -0.2) is 23.5 Å². The maximum atomic E-state index is 2.29. The van der Waals surface area contributed by atoms with E-state index in [2.05, 4.69) is 54.4 Å². The number of hydrogen-bond donors (Lipinski definition) is 0. The monoisotopic (exact) mass is 254 g/mol. The van der Waals surface area contributed by atoms with E-state index < -0.39 is 6.25 Å². The second-order valence-corrected chi connectivity index (χ2v) is 15.6. The quantitative estimate of drug-likeness (QED) is 0.568. The van der Waals surface area contributed by atoms with Crippen molar-refractivity contribution >= 4 is 39.9 Å². The van der Waals surface area contributed by atoms with E-state index in [-0.39, 0.29) is 0 Å². The Balaban J connectivity index is 3.47. The van der Waals surface area contributed by atoms with E-state index in [0.717, 1.165) is 0 Å². The minimum absolute atomic E-state index is 0.537. The van der Waals surface area contributed by atoms with E-state index in [9.17, 15) is 0 Å². The first-order chi connectivity index (χ1) is 6.35. The largest absolute Gasteiger partial charge is 0.221 e. The lowest BCUT2D eigenvalue weighted by atomic mass is 10.6. The molecule has 0 atom stereocenters. The van der Waals surface area contributed by atoms with Crippen molar-refractivity contribution in [1.82, 2.24) is 0 Å². The molecule has 0 aliphatic carbocycles. The number of rotatable bonds is 9. The molecule has 0 amide bonds. The molecule has 0 fully saturated rings. The van der Waals surface area contributed by atoms with Gasteiger partial charge in [-0.05, 0) is 36.5 Å². The fourth-order valence-corrected chi connectivity index (χ4v) is 14.9. The molecule has 0 saturated heterocycles. The molecule has 0 aliphatic heterocycles. The van der Waals surface area contributed by atoms with Gasteiger partial charge in [0.25, 0.3) is 0 Å². The highest BCUT2D eigenvalue weighted by Gasteiger charge is 2.10. The molecule has 13 heavy (non-hydrogen) atoms. The van der Waals surface area contributed by atoms with Crippen LogP contribution in [0.5, 0.6) is 0 Å². The highest BCUT2D eigenvalue weighted by Crippen LogP contribution is 2.30. The Hall–Kier alpha value is 1.27. The molecule has 0 rings (SSSR count). The zero-order valence-electron chi connectivity index (χ0n) is 9.04. The van der Waals surface area contributed by atoms with Crippen LogP contribution in [0, 0.1) is 0 Å². The predicted molar refractivity (Wildman–Crippen MR) is 75.4 cm³/mol. The summed E-state index contributed by atoms with van der Waals surface area (Å²) in [5, 5.41) is 0. The van der Waals surface area contributed by atoms with Gasteiger partial charge in [0, 0.05) is 0 Å². The topological polar surface area (TPSA) is 0 Å². The molecule has 0 saturated carbocycles. The van der Waals surface area contributed by atoms with Gasteiger partial charge in [0.05, 0.1) is 0 Å². The van der Waals surface area contributed by atoms with E-state index in [1.807, 2.05) is 0 Å². The molecule has 0 aliphatic rings. The van der Waals surface area contributed by atoms with Crippen molar-refractivity contribution in [1.29, 1.82) is 0 Å². The fourth-order valence-electron chi connectivity index (χ4n) is 0.787. The predicted octanol–water partition coefficient (Wildman–Crippen LogP) is 4.13. The maximum absolute atomic E-state index is 2.29. The smallest absolute Gasteiger partial charge is 0.165 e. The molecule has 0 unspecified atom stereocenters. The highest BCUT2D eigenvalue weighted by molar-refractivity contribution is 8.76. The molecule has 0 spiro atoms. The standard InChI is InChI=1S/C9H22S3Si/c1-4-7-10-13(11-8-5-2)12-9-6-3/h13H,4-9H2,1-3H3. The molecule has 4 heteroatoms. The normalized spacial score (nSPS) is 11.1. The van der Waals surface area contributed by atoms with E-state index >= 15 is 0 Å². The second-order valence-electron chi connectivity index (χ2n) is 2.90. The average Bonchev–Trinajstić information content (AvgIpc) is 2.17. The van der Waals surface area contributed by atoms with E-state index in [0.29, 0.717) is 0 Å². The maximum Gasteiger partial charge on any atom is 0.221 e. The van der Waals surface area contributed by atoms with Crippen LogP contribution in [-0.2, 0) is 0 Å². The van der Waals surface area contributed by atoms with Gasteiger partial charge in [-0.15, -0.1) is 0 Å². The first-order valence-corrected chi connectivity index (χ1v) is 12.6. The summed E-state index contributed by atoms with van der Waals surface area (Å²) in [4.78, 5) is 0. The van der Waals surface area contributed by atoms with Crippen molar-refractivity contribution in [3.05, 3.63) is 0 Å².